The molecule has 0 heterocycles. The topological polar surface area (TPSA) is 29.5 Å². The predicted octanol–water partition coefficient (Wildman–Crippen LogP) is 3.79. The van der Waals surface area contributed by atoms with Gasteiger partial charge in [-0.1, -0.05) is 27.5 Å². The van der Waals surface area contributed by atoms with Crippen LogP contribution < -0.4 is 0 Å². The predicted molar refractivity (Wildman–Crippen MR) is 84.6 cm³/mol. The lowest BCUT2D eigenvalue weighted by Gasteiger charge is -2.21. The molecule has 2 rings (SSSR count). The maximum atomic E-state index is 12.2. The van der Waals surface area contributed by atoms with Gasteiger partial charge in [-0.2, -0.15) is 0 Å². The lowest BCUT2D eigenvalue weighted by Crippen LogP contribution is -2.31. The van der Waals surface area contributed by atoms with Crippen molar-refractivity contribution in [3.8, 4) is 0 Å². The highest BCUT2D eigenvalue weighted by Gasteiger charge is 2.28. The number of Topliss-reactive ketones (excluding diaryl/α,β-unsaturated/α-hetero) is 1. The molecule has 1 saturated carbocycles. The van der Waals surface area contributed by atoms with Gasteiger partial charge in [0, 0.05) is 42.7 Å². The fourth-order valence-corrected chi connectivity index (χ4v) is 3.00. The average molecular weight is 361 g/mol. The van der Waals surface area contributed by atoms with Crippen LogP contribution in [0.2, 0.25) is 5.02 Å². The van der Waals surface area contributed by atoms with E-state index in [1.165, 1.54) is 12.8 Å². The van der Waals surface area contributed by atoms with Crippen molar-refractivity contribution in [1.82, 2.24) is 4.90 Å². The summed E-state index contributed by atoms with van der Waals surface area (Å²) < 4.78 is 6.01. The van der Waals surface area contributed by atoms with Crippen LogP contribution in [0.1, 0.15) is 29.6 Å². The number of carbonyl (C=O) groups excluding carboxylic acids is 1. The smallest absolute Gasteiger partial charge is 0.165 e. The molecule has 0 radical (unpaired) electrons. The highest BCUT2D eigenvalue weighted by Crippen LogP contribution is 2.27. The SMILES string of the molecule is COCCN(CCC(=O)c1ccc(Br)cc1Cl)C1CC1. The number of halogens is 2. The number of ketones is 1. The molecule has 1 aliphatic rings. The number of nitrogens with zero attached hydrogens (tertiary/aromatic N) is 1. The van der Waals surface area contributed by atoms with E-state index in [1.54, 1.807) is 19.2 Å². The summed E-state index contributed by atoms with van der Waals surface area (Å²) in [6.45, 7) is 2.38. The van der Waals surface area contributed by atoms with Gasteiger partial charge in [-0.15, -0.1) is 0 Å². The highest BCUT2D eigenvalue weighted by molar-refractivity contribution is 9.10. The third kappa shape index (κ3) is 4.55. The zero-order chi connectivity index (χ0) is 14.5. The van der Waals surface area contributed by atoms with Crippen LogP contribution in [-0.2, 0) is 4.74 Å². The second-order valence-electron chi connectivity index (χ2n) is 5.06. The molecular weight excluding hydrogens is 342 g/mol. The Bertz CT molecular complexity index is 477. The molecule has 0 spiro atoms. The van der Waals surface area contributed by atoms with Crippen LogP contribution >= 0.6 is 27.5 Å². The molecule has 0 aromatic heterocycles. The van der Waals surface area contributed by atoms with Crippen molar-refractivity contribution >= 4 is 33.3 Å². The number of rotatable bonds is 8. The summed E-state index contributed by atoms with van der Waals surface area (Å²) in [5.74, 6) is 0.102. The van der Waals surface area contributed by atoms with Crippen LogP contribution in [0.5, 0.6) is 0 Å². The van der Waals surface area contributed by atoms with Gasteiger partial charge in [0.2, 0.25) is 0 Å². The van der Waals surface area contributed by atoms with E-state index in [9.17, 15) is 4.79 Å². The van der Waals surface area contributed by atoms with Gasteiger partial charge in [0.1, 0.15) is 0 Å². The first-order valence-corrected chi connectivity index (χ1v) is 8.00. The zero-order valence-electron chi connectivity index (χ0n) is 11.6. The van der Waals surface area contributed by atoms with E-state index in [4.69, 9.17) is 16.3 Å². The van der Waals surface area contributed by atoms with Crippen molar-refractivity contribution in [1.29, 1.82) is 0 Å². The summed E-state index contributed by atoms with van der Waals surface area (Å²) in [6, 6.07) is 6.03. The lowest BCUT2D eigenvalue weighted by atomic mass is 10.1. The Hall–Kier alpha value is -0.420. The number of carbonyl (C=O) groups is 1. The molecule has 1 fully saturated rings. The van der Waals surface area contributed by atoms with Gasteiger partial charge in [-0.3, -0.25) is 9.69 Å². The van der Waals surface area contributed by atoms with Gasteiger partial charge in [0.15, 0.2) is 5.78 Å². The van der Waals surface area contributed by atoms with Crippen LogP contribution in [-0.4, -0.2) is 43.5 Å². The molecule has 1 aromatic carbocycles. The summed E-state index contributed by atoms with van der Waals surface area (Å²) in [5.41, 5.74) is 0.609. The third-order valence-corrected chi connectivity index (χ3v) is 4.31. The molecule has 3 nitrogen and oxygen atoms in total. The van der Waals surface area contributed by atoms with Gasteiger partial charge < -0.3 is 4.74 Å². The van der Waals surface area contributed by atoms with E-state index in [0.717, 1.165) is 17.6 Å². The van der Waals surface area contributed by atoms with E-state index < -0.39 is 0 Å². The molecule has 1 aliphatic carbocycles. The molecule has 0 saturated heterocycles. The third-order valence-electron chi connectivity index (χ3n) is 3.50. The standard InChI is InChI=1S/C15H19BrClNO2/c1-20-9-8-18(12-3-4-12)7-6-15(19)13-5-2-11(16)10-14(13)17/h2,5,10,12H,3-4,6-9H2,1H3. The van der Waals surface area contributed by atoms with Crippen molar-refractivity contribution < 1.29 is 9.53 Å². The first-order chi connectivity index (χ1) is 9.61. The summed E-state index contributed by atoms with van der Waals surface area (Å²) in [7, 11) is 1.71. The minimum atomic E-state index is 0.102. The van der Waals surface area contributed by atoms with Gasteiger partial charge in [-0.25, -0.2) is 0 Å². The van der Waals surface area contributed by atoms with E-state index in [1.807, 2.05) is 6.07 Å². The fourth-order valence-electron chi connectivity index (χ4n) is 2.22. The van der Waals surface area contributed by atoms with E-state index in [-0.39, 0.29) is 5.78 Å². The Morgan fingerprint density at radius 1 is 1.45 bits per heavy atom. The number of ether oxygens (including phenoxy) is 1. The molecule has 5 heteroatoms. The quantitative estimate of drug-likeness (QED) is 0.661. The summed E-state index contributed by atoms with van der Waals surface area (Å²) in [6.07, 6.45) is 2.97. The molecule has 1 aromatic rings. The molecule has 0 aliphatic heterocycles. The van der Waals surface area contributed by atoms with Gasteiger partial charge in [0.25, 0.3) is 0 Å². The van der Waals surface area contributed by atoms with E-state index in [0.29, 0.717) is 29.7 Å². The van der Waals surface area contributed by atoms with Crippen molar-refractivity contribution in [2.45, 2.75) is 25.3 Å². The maximum Gasteiger partial charge on any atom is 0.165 e. The second kappa shape index (κ2) is 7.55. The molecule has 0 amide bonds. The summed E-state index contributed by atoms with van der Waals surface area (Å²) >= 11 is 9.46. The van der Waals surface area contributed by atoms with E-state index in [2.05, 4.69) is 20.8 Å². The summed E-state index contributed by atoms with van der Waals surface area (Å²) in [4.78, 5) is 14.6. The molecule has 0 bridgehead atoms. The highest BCUT2D eigenvalue weighted by atomic mass is 79.9. The van der Waals surface area contributed by atoms with Crippen LogP contribution in [0.3, 0.4) is 0 Å². The molecule has 0 N–H and O–H groups in total. The summed E-state index contributed by atoms with van der Waals surface area (Å²) in [5, 5.41) is 0.513. The zero-order valence-corrected chi connectivity index (χ0v) is 13.9. The largest absolute Gasteiger partial charge is 0.383 e. The lowest BCUT2D eigenvalue weighted by molar-refractivity contribution is 0.0945. The van der Waals surface area contributed by atoms with Crippen molar-refractivity contribution in [3.05, 3.63) is 33.3 Å². The van der Waals surface area contributed by atoms with Crippen molar-refractivity contribution in [2.75, 3.05) is 26.8 Å². The number of hydrogen-bond donors (Lipinski definition) is 0. The number of methoxy groups -OCH3 is 1. The average Bonchev–Trinajstić information content (AvgIpc) is 3.23. The second-order valence-corrected chi connectivity index (χ2v) is 6.38. The van der Waals surface area contributed by atoms with Gasteiger partial charge >= 0.3 is 0 Å². The Balaban J connectivity index is 1.89. The Labute approximate surface area is 133 Å². The van der Waals surface area contributed by atoms with Gasteiger partial charge in [0.05, 0.1) is 11.6 Å². The van der Waals surface area contributed by atoms with Crippen molar-refractivity contribution in [3.63, 3.8) is 0 Å². The van der Waals surface area contributed by atoms with Gasteiger partial charge in [-0.05, 0) is 31.0 Å². The van der Waals surface area contributed by atoms with E-state index >= 15 is 0 Å². The van der Waals surface area contributed by atoms with Crippen LogP contribution in [0.15, 0.2) is 22.7 Å². The molecule has 20 heavy (non-hydrogen) atoms. The first kappa shape index (κ1) is 16.0. The first-order valence-electron chi connectivity index (χ1n) is 6.83. The van der Waals surface area contributed by atoms with Crippen LogP contribution in [0, 0.1) is 0 Å². The minimum Gasteiger partial charge on any atom is -0.383 e. The van der Waals surface area contributed by atoms with Crippen molar-refractivity contribution in [2.24, 2.45) is 0 Å². The Kier molecular flexibility index (Phi) is 6.02. The minimum absolute atomic E-state index is 0.102. The molecule has 110 valence electrons. The number of benzene rings is 1. The Morgan fingerprint density at radius 3 is 2.80 bits per heavy atom. The van der Waals surface area contributed by atoms with Crippen LogP contribution in [0.4, 0.5) is 0 Å². The molecular formula is C15H19BrClNO2. The normalized spacial score (nSPS) is 14.8. The monoisotopic (exact) mass is 359 g/mol. The van der Waals surface area contributed by atoms with Crippen LogP contribution in [0.25, 0.3) is 0 Å². The number of hydrogen-bond acceptors (Lipinski definition) is 3. The molecule has 0 unspecified atom stereocenters. The maximum absolute atomic E-state index is 12.2. The Morgan fingerprint density at radius 2 is 2.20 bits per heavy atom. The fraction of sp³-hybridized carbons (Fsp3) is 0.533. The molecule has 0 atom stereocenters.